The topological polar surface area (TPSA) is 39.9 Å². The third kappa shape index (κ3) is 3.66. The molecule has 4 heteroatoms. The van der Waals surface area contributed by atoms with Crippen molar-refractivity contribution in [2.75, 3.05) is 0 Å². The van der Waals surface area contributed by atoms with Gasteiger partial charge in [-0.05, 0) is 65.1 Å². The maximum Gasteiger partial charge on any atom is 0.141 e. The van der Waals surface area contributed by atoms with Crippen LogP contribution in [0.25, 0.3) is 38.9 Å². The van der Waals surface area contributed by atoms with Crippen LogP contribution in [0.1, 0.15) is 51.3 Å². The van der Waals surface area contributed by atoms with Gasteiger partial charge in [-0.25, -0.2) is 4.98 Å². The van der Waals surface area contributed by atoms with Gasteiger partial charge in [-0.2, -0.15) is 0 Å². The molecule has 0 saturated carbocycles. The molecule has 0 saturated heterocycles. The summed E-state index contributed by atoms with van der Waals surface area (Å²) in [5.41, 5.74) is 8.07. The van der Waals surface area contributed by atoms with Crippen LogP contribution in [0.4, 0.5) is 0 Å². The van der Waals surface area contributed by atoms with Gasteiger partial charge in [0.1, 0.15) is 17.3 Å². The van der Waals surface area contributed by atoms with Gasteiger partial charge in [0.05, 0.1) is 16.7 Å². The predicted molar refractivity (Wildman–Crippen MR) is 159 cm³/mol. The number of hydrogen-bond acceptors (Lipinski definition) is 3. The van der Waals surface area contributed by atoms with E-state index in [1.807, 2.05) is 54.9 Å². The SMILES string of the molecule is CC(C)(C)c1cc2c3c(c1)c1ccc(Oc4cccc(-c5ccccn5)c4)cc1n3-c1ncccc1C2(C)C. The summed E-state index contributed by atoms with van der Waals surface area (Å²) in [6.07, 6.45) is 3.71. The number of ether oxygens (including phenoxy) is 1. The number of pyridine rings is 2. The van der Waals surface area contributed by atoms with Crippen LogP contribution in [0.2, 0.25) is 0 Å². The molecule has 1 aliphatic heterocycles. The Bertz CT molecular complexity index is 1890. The second-order valence-electron chi connectivity index (χ2n) is 12.0. The monoisotopic (exact) mass is 509 g/mol. The van der Waals surface area contributed by atoms with Crippen molar-refractivity contribution in [3.63, 3.8) is 0 Å². The minimum Gasteiger partial charge on any atom is -0.457 e. The quantitative estimate of drug-likeness (QED) is 0.239. The molecule has 3 aromatic heterocycles. The van der Waals surface area contributed by atoms with Crippen molar-refractivity contribution in [1.82, 2.24) is 14.5 Å². The van der Waals surface area contributed by atoms with Crippen molar-refractivity contribution in [2.24, 2.45) is 0 Å². The first kappa shape index (κ1) is 23.7. The lowest BCUT2D eigenvalue weighted by Gasteiger charge is -2.35. The summed E-state index contributed by atoms with van der Waals surface area (Å²) >= 11 is 0. The van der Waals surface area contributed by atoms with Gasteiger partial charge in [0.25, 0.3) is 0 Å². The number of hydrogen-bond donors (Lipinski definition) is 0. The van der Waals surface area contributed by atoms with Crippen molar-refractivity contribution >= 4 is 21.8 Å². The molecule has 1 aliphatic rings. The summed E-state index contributed by atoms with van der Waals surface area (Å²) in [6.45, 7) is 11.5. The first-order valence-corrected chi connectivity index (χ1v) is 13.5. The van der Waals surface area contributed by atoms with Crippen LogP contribution < -0.4 is 4.74 Å². The number of aromatic nitrogens is 3. The van der Waals surface area contributed by atoms with Crippen molar-refractivity contribution in [2.45, 2.75) is 45.4 Å². The highest BCUT2D eigenvalue weighted by Gasteiger charge is 2.37. The lowest BCUT2D eigenvalue weighted by molar-refractivity contribution is 0.483. The first-order valence-electron chi connectivity index (χ1n) is 13.5. The number of rotatable bonds is 3. The molecule has 0 radical (unpaired) electrons. The summed E-state index contributed by atoms with van der Waals surface area (Å²) in [7, 11) is 0. The Balaban J connectivity index is 1.44. The average Bonchev–Trinajstić information content (AvgIpc) is 3.26. The molecule has 0 spiro atoms. The Morgan fingerprint density at radius 1 is 0.718 bits per heavy atom. The fourth-order valence-corrected chi connectivity index (χ4v) is 5.91. The highest BCUT2D eigenvalue weighted by atomic mass is 16.5. The predicted octanol–water partition coefficient (Wildman–Crippen LogP) is 8.97. The molecule has 0 atom stereocenters. The number of benzene rings is 3. The van der Waals surface area contributed by atoms with Crippen LogP contribution in [-0.2, 0) is 10.8 Å². The molecular weight excluding hydrogens is 478 g/mol. The van der Waals surface area contributed by atoms with Crippen LogP contribution in [-0.4, -0.2) is 14.5 Å². The molecule has 0 aliphatic carbocycles. The molecule has 6 aromatic rings. The summed E-state index contributed by atoms with van der Waals surface area (Å²) in [4.78, 5) is 9.40. The molecule has 0 fully saturated rings. The van der Waals surface area contributed by atoms with Crippen LogP contribution in [0.5, 0.6) is 11.5 Å². The normalized spacial score (nSPS) is 14.0. The Morgan fingerprint density at radius 3 is 2.33 bits per heavy atom. The van der Waals surface area contributed by atoms with Crippen molar-refractivity contribution in [3.8, 4) is 28.6 Å². The minimum absolute atomic E-state index is 0.0338. The van der Waals surface area contributed by atoms with Gasteiger partial charge in [0, 0.05) is 45.8 Å². The number of fused-ring (bicyclic) bond motifs is 5. The van der Waals surface area contributed by atoms with E-state index in [9.17, 15) is 0 Å². The van der Waals surface area contributed by atoms with Crippen LogP contribution in [0.3, 0.4) is 0 Å². The van der Waals surface area contributed by atoms with E-state index in [0.29, 0.717) is 0 Å². The molecule has 4 nitrogen and oxygen atoms in total. The van der Waals surface area contributed by atoms with Crippen LogP contribution in [0, 0.1) is 0 Å². The highest BCUT2D eigenvalue weighted by molar-refractivity contribution is 6.12. The second-order valence-corrected chi connectivity index (χ2v) is 12.0. The first-order chi connectivity index (χ1) is 18.7. The van der Waals surface area contributed by atoms with E-state index in [1.165, 1.54) is 33.0 Å². The van der Waals surface area contributed by atoms with E-state index < -0.39 is 0 Å². The molecule has 0 unspecified atom stereocenters. The van der Waals surface area contributed by atoms with Crippen molar-refractivity contribution in [3.05, 3.63) is 114 Å². The molecule has 0 bridgehead atoms. The Labute approximate surface area is 228 Å². The average molecular weight is 510 g/mol. The van der Waals surface area contributed by atoms with E-state index in [4.69, 9.17) is 9.72 Å². The Morgan fingerprint density at radius 2 is 1.54 bits per heavy atom. The van der Waals surface area contributed by atoms with Gasteiger partial charge >= 0.3 is 0 Å². The van der Waals surface area contributed by atoms with E-state index in [-0.39, 0.29) is 10.8 Å². The van der Waals surface area contributed by atoms with Crippen molar-refractivity contribution in [1.29, 1.82) is 0 Å². The van der Waals surface area contributed by atoms with Crippen LogP contribution in [0.15, 0.2) is 97.3 Å². The van der Waals surface area contributed by atoms with E-state index >= 15 is 0 Å². The van der Waals surface area contributed by atoms with Gasteiger partial charge in [-0.15, -0.1) is 0 Å². The van der Waals surface area contributed by atoms with Crippen molar-refractivity contribution < 1.29 is 4.74 Å². The lowest BCUT2D eigenvalue weighted by Crippen LogP contribution is -2.28. The zero-order valence-corrected chi connectivity index (χ0v) is 23.0. The summed E-state index contributed by atoms with van der Waals surface area (Å²) in [5.74, 6) is 2.56. The van der Waals surface area contributed by atoms with E-state index in [2.05, 4.69) is 86.6 Å². The number of nitrogens with zero attached hydrogens (tertiary/aromatic N) is 3. The van der Waals surface area contributed by atoms with Gasteiger partial charge < -0.3 is 4.74 Å². The zero-order valence-electron chi connectivity index (χ0n) is 23.0. The fraction of sp³-hybridized carbons (Fsp3) is 0.200. The largest absolute Gasteiger partial charge is 0.457 e. The van der Waals surface area contributed by atoms with E-state index in [0.717, 1.165) is 34.1 Å². The second kappa shape index (κ2) is 8.28. The molecule has 192 valence electrons. The standard InChI is InChI=1S/C35H31N3O/c1-34(2,3)23-19-27-26-15-14-25(39-24-11-8-10-22(18-24)30-13-6-7-16-36-30)21-31(26)38-32(27)29(20-23)35(4,5)28-12-9-17-37-33(28)38/h6-21H,1-5H3. The maximum absolute atomic E-state index is 6.44. The molecular formula is C35H31N3O. The molecule has 3 aromatic carbocycles. The molecule has 0 amide bonds. The fourth-order valence-electron chi connectivity index (χ4n) is 5.91. The van der Waals surface area contributed by atoms with E-state index in [1.54, 1.807) is 0 Å². The van der Waals surface area contributed by atoms with Gasteiger partial charge in [-0.1, -0.05) is 65.0 Å². The summed E-state index contributed by atoms with van der Waals surface area (Å²) in [5, 5.41) is 2.47. The third-order valence-corrected chi connectivity index (χ3v) is 8.08. The van der Waals surface area contributed by atoms with Gasteiger partial charge in [0.2, 0.25) is 0 Å². The summed E-state index contributed by atoms with van der Waals surface area (Å²) < 4.78 is 8.78. The van der Waals surface area contributed by atoms with Gasteiger partial charge in [-0.3, -0.25) is 9.55 Å². The molecule has 7 rings (SSSR count). The zero-order chi connectivity index (χ0) is 26.9. The Hall–Kier alpha value is -4.44. The Kier molecular flexibility index (Phi) is 5.02. The molecule has 4 heterocycles. The maximum atomic E-state index is 6.44. The highest BCUT2D eigenvalue weighted by Crippen LogP contribution is 2.48. The molecule has 39 heavy (non-hydrogen) atoms. The lowest BCUT2D eigenvalue weighted by atomic mass is 9.73. The summed E-state index contributed by atoms with van der Waals surface area (Å²) in [6, 6.07) is 29.5. The smallest absolute Gasteiger partial charge is 0.141 e. The molecule has 0 N–H and O–H groups in total. The van der Waals surface area contributed by atoms with Gasteiger partial charge in [0.15, 0.2) is 0 Å². The minimum atomic E-state index is -0.168. The third-order valence-electron chi connectivity index (χ3n) is 8.08. The van der Waals surface area contributed by atoms with Crippen LogP contribution >= 0.6 is 0 Å².